The summed E-state index contributed by atoms with van der Waals surface area (Å²) in [5.74, 6) is -0.929. The quantitative estimate of drug-likeness (QED) is 0.760. The lowest BCUT2D eigenvalue weighted by atomic mass is 10.2. The van der Waals surface area contributed by atoms with Crippen LogP contribution in [0.5, 0.6) is 0 Å². The Morgan fingerprint density at radius 2 is 1.90 bits per heavy atom. The van der Waals surface area contributed by atoms with Crippen LogP contribution >= 0.6 is 0 Å². The van der Waals surface area contributed by atoms with Crippen LogP contribution in [0.4, 0.5) is 5.69 Å². The van der Waals surface area contributed by atoms with Crippen molar-refractivity contribution in [1.82, 2.24) is 4.72 Å². The van der Waals surface area contributed by atoms with E-state index in [2.05, 4.69) is 9.71 Å². The van der Waals surface area contributed by atoms with Gasteiger partial charge in [0.2, 0.25) is 0 Å². The number of amidine groups is 1. The number of nitrogens with zero attached hydrogens (tertiary/aromatic N) is 2. The molecule has 0 saturated heterocycles. The summed E-state index contributed by atoms with van der Waals surface area (Å²) in [6, 6.07) is 13.0. The lowest BCUT2D eigenvalue weighted by molar-refractivity contribution is -0.148. The van der Waals surface area contributed by atoms with Gasteiger partial charge in [-0.3, -0.25) is 14.5 Å². The van der Waals surface area contributed by atoms with E-state index < -0.39 is 28.6 Å². The number of sulfonamides is 1. The van der Waals surface area contributed by atoms with E-state index in [9.17, 15) is 18.0 Å². The van der Waals surface area contributed by atoms with Crippen molar-refractivity contribution in [2.45, 2.75) is 24.3 Å². The second-order valence-corrected chi connectivity index (χ2v) is 8.44. The number of hydrogen-bond donors (Lipinski definition) is 1. The summed E-state index contributed by atoms with van der Waals surface area (Å²) in [4.78, 5) is 30.6. The number of anilines is 1. The molecule has 8 nitrogen and oxygen atoms in total. The third kappa shape index (κ3) is 3.61. The van der Waals surface area contributed by atoms with E-state index >= 15 is 0 Å². The maximum absolute atomic E-state index is 12.4. The van der Waals surface area contributed by atoms with Gasteiger partial charge in [0.15, 0.2) is 6.61 Å². The van der Waals surface area contributed by atoms with Gasteiger partial charge in [-0.15, -0.1) is 0 Å². The number of aliphatic imine (C=N–C) groups is 1. The van der Waals surface area contributed by atoms with Crippen molar-refractivity contribution < 1.29 is 22.7 Å². The number of esters is 1. The number of benzene rings is 2. The van der Waals surface area contributed by atoms with Crippen LogP contribution in [-0.2, 0) is 30.8 Å². The third-order valence-corrected chi connectivity index (χ3v) is 6.25. The Labute approximate surface area is 168 Å². The molecule has 0 fully saturated rings. The molecule has 0 aromatic heterocycles. The fourth-order valence-corrected chi connectivity index (χ4v) is 4.64. The van der Waals surface area contributed by atoms with Gasteiger partial charge in [-0.25, -0.2) is 13.2 Å². The van der Waals surface area contributed by atoms with Gasteiger partial charge in [-0.1, -0.05) is 30.3 Å². The van der Waals surface area contributed by atoms with E-state index in [0.29, 0.717) is 12.1 Å². The molecule has 0 aliphatic carbocycles. The highest BCUT2D eigenvalue weighted by molar-refractivity contribution is 7.90. The molecule has 0 bridgehead atoms. The first kappa shape index (κ1) is 19.1. The average molecular weight is 413 g/mol. The lowest BCUT2D eigenvalue weighted by Crippen LogP contribution is -2.34. The number of rotatable bonds is 4. The predicted molar refractivity (Wildman–Crippen MR) is 106 cm³/mol. The third-order valence-electron chi connectivity index (χ3n) is 4.85. The molecule has 0 unspecified atom stereocenters. The number of carbonyl (C=O) groups excluding carboxylic acids is 2. The lowest BCUT2D eigenvalue weighted by Gasteiger charge is -2.17. The van der Waals surface area contributed by atoms with Crippen LogP contribution in [0.1, 0.15) is 18.1 Å². The Balaban J connectivity index is 1.41. The first-order valence-electron chi connectivity index (χ1n) is 9.12. The fourth-order valence-electron chi connectivity index (χ4n) is 3.40. The minimum Gasteiger partial charge on any atom is -0.454 e. The molecule has 1 N–H and O–H groups in total. The van der Waals surface area contributed by atoms with Crippen molar-refractivity contribution in [3.63, 3.8) is 0 Å². The van der Waals surface area contributed by atoms with Crippen molar-refractivity contribution in [3.8, 4) is 0 Å². The molecule has 4 rings (SSSR count). The molecule has 0 spiro atoms. The number of nitrogens with one attached hydrogen (secondary N) is 1. The summed E-state index contributed by atoms with van der Waals surface area (Å²) in [5.41, 5.74) is 2.31. The number of ether oxygens (including phenoxy) is 1. The molecule has 2 heterocycles. The van der Waals surface area contributed by atoms with Gasteiger partial charge in [0, 0.05) is 17.8 Å². The first-order valence-corrected chi connectivity index (χ1v) is 10.6. The molecular formula is C20H19N3O5S. The van der Waals surface area contributed by atoms with E-state index in [1.165, 1.54) is 13.0 Å². The van der Waals surface area contributed by atoms with Crippen molar-refractivity contribution >= 4 is 33.4 Å². The highest BCUT2D eigenvalue weighted by atomic mass is 32.2. The molecular weight excluding hydrogens is 394 g/mol. The molecule has 0 radical (unpaired) electrons. The van der Waals surface area contributed by atoms with Crippen LogP contribution < -0.4 is 9.62 Å². The van der Waals surface area contributed by atoms with Crippen molar-refractivity contribution in [1.29, 1.82) is 0 Å². The minimum absolute atomic E-state index is 0.0878. The predicted octanol–water partition coefficient (Wildman–Crippen LogP) is 1.25. The molecule has 2 aliphatic rings. The molecule has 2 aliphatic heterocycles. The van der Waals surface area contributed by atoms with Crippen molar-refractivity contribution in [2.24, 2.45) is 4.99 Å². The van der Waals surface area contributed by atoms with Crippen LogP contribution in [0.15, 0.2) is 58.4 Å². The maximum atomic E-state index is 12.4. The number of hydrogen-bond acceptors (Lipinski definition) is 6. The zero-order valence-corrected chi connectivity index (χ0v) is 16.5. The standard InChI is InChI=1S/C20H19N3O5S/c1-13(21-19-15-7-3-5-9-17(15)29(26,27)22-19)20(25)28-12-18(24)23-11-10-14-6-2-4-8-16(14)23/h2-9,13H,10-12H2,1H3,(H,21,22)/t13-/m0/s1. The molecule has 0 saturated carbocycles. The topological polar surface area (TPSA) is 105 Å². The molecule has 1 amide bonds. The van der Waals surface area contributed by atoms with Crippen molar-refractivity contribution in [3.05, 3.63) is 59.7 Å². The van der Waals surface area contributed by atoms with Gasteiger partial charge in [0.25, 0.3) is 15.9 Å². The molecule has 150 valence electrons. The highest BCUT2D eigenvalue weighted by Gasteiger charge is 2.31. The first-order chi connectivity index (χ1) is 13.9. The van der Waals surface area contributed by atoms with Gasteiger partial charge in [-0.2, -0.15) is 0 Å². The van der Waals surface area contributed by atoms with Gasteiger partial charge in [0.05, 0.1) is 4.90 Å². The zero-order valence-electron chi connectivity index (χ0n) is 15.7. The maximum Gasteiger partial charge on any atom is 0.331 e. The normalized spacial score (nSPS) is 18.7. The van der Waals surface area contributed by atoms with Gasteiger partial charge in [0.1, 0.15) is 11.9 Å². The summed E-state index contributed by atoms with van der Waals surface area (Å²) in [6.45, 7) is 1.64. The van der Waals surface area contributed by atoms with Crippen LogP contribution in [0.3, 0.4) is 0 Å². The van der Waals surface area contributed by atoms with E-state index in [0.717, 1.165) is 17.7 Å². The number of para-hydroxylation sites is 1. The van der Waals surface area contributed by atoms with Crippen LogP contribution in [0, 0.1) is 0 Å². The van der Waals surface area contributed by atoms with Crippen LogP contribution in [0.25, 0.3) is 0 Å². The van der Waals surface area contributed by atoms with Crippen LogP contribution in [-0.4, -0.2) is 45.3 Å². The summed E-state index contributed by atoms with van der Waals surface area (Å²) in [5, 5.41) is 0. The second-order valence-electron chi connectivity index (χ2n) is 6.79. The van der Waals surface area contributed by atoms with Gasteiger partial charge >= 0.3 is 5.97 Å². The zero-order chi connectivity index (χ0) is 20.6. The fraction of sp³-hybridized carbons (Fsp3) is 0.250. The number of amides is 1. The Kier molecular flexibility index (Phi) is 4.83. The van der Waals surface area contributed by atoms with Crippen LogP contribution in [0.2, 0.25) is 0 Å². The van der Waals surface area contributed by atoms with Gasteiger partial charge < -0.3 is 9.64 Å². The van der Waals surface area contributed by atoms with E-state index in [1.807, 2.05) is 24.3 Å². The molecule has 1 atom stereocenters. The smallest absolute Gasteiger partial charge is 0.331 e. The Hall–Kier alpha value is -3.20. The summed E-state index contributed by atoms with van der Waals surface area (Å²) in [7, 11) is -3.68. The Morgan fingerprint density at radius 3 is 2.72 bits per heavy atom. The minimum atomic E-state index is -3.68. The van der Waals surface area contributed by atoms with Crippen molar-refractivity contribution in [2.75, 3.05) is 18.1 Å². The Morgan fingerprint density at radius 1 is 1.17 bits per heavy atom. The van der Waals surface area contributed by atoms with E-state index in [4.69, 9.17) is 4.74 Å². The second kappa shape index (κ2) is 7.32. The number of carbonyl (C=O) groups is 2. The molecule has 9 heteroatoms. The molecule has 2 aromatic carbocycles. The summed E-state index contributed by atoms with van der Waals surface area (Å²) < 4.78 is 31.7. The van der Waals surface area contributed by atoms with Gasteiger partial charge in [-0.05, 0) is 37.1 Å². The molecule has 2 aromatic rings. The van der Waals surface area contributed by atoms with E-state index in [-0.39, 0.29) is 16.6 Å². The number of fused-ring (bicyclic) bond motifs is 2. The molecule has 29 heavy (non-hydrogen) atoms. The monoisotopic (exact) mass is 413 g/mol. The van der Waals surface area contributed by atoms with E-state index in [1.54, 1.807) is 23.1 Å². The average Bonchev–Trinajstić information content (AvgIpc) is 3.25. The largest absolute Gasteiger partial charge is 0.454 e. The highest BCUT2D eigenvalue weighted by Crippen LogP contribution is 2.27. The summed E-state index contributed by atoms with van der Waals surface area (Å²) in [6.07, 6.45) is 0.763. The summed E-state index contributed by atoms with van der Waals surface area (Å²) >= 11 is 0. The SMILES string of the molecule is C[C@H](N=C1NS(=O)(=O)c2ccccc21)C(=O)OCC(=O)N1CCc2ccccc21. The Bertz CT molecular complexity index is 1130.